The van der Waals surface area contributed by atoms with Gasteiger partial charge in [-0.3, -0.25) is 4.90 Å². The van der Waals surface area contributed by atoms with Gasteiger partial charge in [0.15, 0.2) is 0 Å². The van der Waals surface area contributed by atoms with E-state index < -0.39 is 0 Å². The van der Waals surface area contributed by atoms with Crippen molar-refractivity contribution in [1.82, 2.24) is 9.80 Å². The average molecular weight is 262 g/mol. The smallest absolute Gasteiger partial charge is 0.0235 e. The number of hydrogen-bond acceptors (Lipinski definition) is 2. The summed E-state index contributed by atoms with van der Waals surface area (Å²) in [6, 6.07) is 7.11. The quantitative estimate of drug-likeness (QED) is 0.767. The summed E-state index contributed by atoms with van der Waals surface area (Å²) in [5.74, 6) is 0.858. The molecule has 3 rings (SSSR count). The molecule has 1 aliphatic carbocycles. The summed E-state index contributed by atoms with van der Waals surface area (Å²) in [6.45, 7) is 5.94. The first kappa shape index (κ1) is 12.6. The van der Waals surface area contributed by atoms with E-state index in [0.29, 0.717) is 0 Å². The van der Waals surface area contributed by atoms with Gasteiger partial charge in [-0.2, -0.15) is 0 Å². The molecule has 2 fully saturated rings. The van der Waals surface area contributed by atoms with Crippen LogP contribution in [0.2, 0.25) is 0 Å². The Hall–Kier alpha value is -0.430. The molecule has 0 radical (unpaired) electrons. The van der Waals surface area contributed by atoms with Gasteiger partial charge in [0.05, 0.1) is 0 Å². The van der Waals surface area contributed by atoms with Crippen LogP contribution in [0.1, 0.15) is 29.9 Å². The van der Waals surface area contributed by atoms with E-state index in [1.807, 2.05) is 0 Å². The van der Waals surface area contributed by atoms with Crippen LogP contribution in [0, 0.1) is 0 Å². The van der Waals surface area contributed by atoms with Gasteiger partial charge in [-0.25, -0.2) is 0 Å². The Kier molecular flexibility index (Phi) is 3.70. The minimum atomic E-state index is 0.858. The molecule has 1 unspecified atom stereocenters. The van der Waals surface area contributed by atoms with Crippen LogP contribution in [0.4, 0.5) is 0 Å². The molecule has 0 amide bonds. The number of nitrogens with zero attached hydrogens (tertiary/aromatic N) is 2. The maximum absolute atomic E-state index is 2.87. The van der Waals surface area contributed by atoms with Gasteiger partial charge in [-0.05, 0) is 42.2 Å². The second kappa shape index (κ2) is 5.28. The molecule has 1 atom stereocenters. The van der Waals surface area contributed by atoms with Crippen molar-refractivity contribution in [3.63, 3.8) is 0 Å². The standard InChI is InChI=1S/C15H23N2P/c1-16-4-6-17(7-5-16)11-12-8-14(13-2-3-13)10-15(18)9-12/h8-10,13H,2-7,11,18H2,1H3. The second-order valence-electron chi connectivity index (χ2n) is 5.86. The summed E-state index contributed by atoms with van der Waals surface area (Å²) in [5.41, 5.74) is 3.06. The Balaban J connectivity index is 1.68. The predicted octanol–water partition coefficient (Wildman–Crippen LogP) is 1.81. The molecule has 1 aromatic carbocycles. The van der Waals surface area contributed by atoms with E-state index in [1.165, 1.54) is 49.9 Å². The van der Waals surface area contributed by atoms with Crippen LogP contribution < -0.4 is 5.30 Å². The maximum Gasteiger partial charge on any atom is 0.0235 e. The third-order valence-electron chi connectivity index (χ3n) is 4.09. The number of piperazine rings is 1. The van der Waals surface area contributed by atoms with Gasteiger partial charge in [0, 0.05) is 32.7 Å². The summed E-state index contributed by atoms with van der Waals surface area (Å²) >= 11 is 0. The molecule has 1 aliphatic heterocycles. The van der Waals surface area contributed by atoms with Gasteiger partial charge in [0.2, 0.25) is 0 Å². The Morgan fingerprint density at radius 3 is 2.50 bits per heavy atom. The van der Waals surface area contributed by atoms with Gasteiger partial charge in [0.25, 0.3) is 0 Å². The molecule has 0 aromatic heterocycles. The van der Waals surface area contributed by atoms with E-state index in [0.717, 1.165) is 12.5 Å². The van der Waals surface area contributed by atoms with Crippen LogP contribution in [-0.4, -0.2) is 43.0 Å². The maximum atomic E-state index is 2.87. The van der Waals surface area contributed by atoms with Crippen LogP contribution in [0.15, 0.2) is 18.2 Å². The first-order valence-electron chi connectivity index (χ1n) is 7.01. The fourth-order valence-electron chi connectivity index (χ4n) is 2.75. The highest BCUT2D eigenvalue weighted by Crippen LogP contribution is 2.40. The molecule has 1 heterocycles. The lowest BCUT2D eigenvalue weighted by atomic mass is 10.1. The van der Waals surface area contributed by atoms with Gasteiger partial charge in [-0.1, -0.05) is 18.2 Å². The zero-order chi connectivity index (χ0) is 12.5. The average Bonchev–Trinajstić information content (AvgIpc) is 3.15. The highest BCUT2D eigenvalue weighted by Gasteiger charge is 2.24. The van der Waals surface area contributed by atoms with Gasteiger partial charge in [-0.15, -0.1) is 9.24 Å². The van der Waals surface area contributed by atoms with Crippen LogP contribution in [0.3, 0.4) is 0 Å². The molecule has 18 heavy (non-hydrogen) atoms. The molecule has 0 bridgehead atoms. The van der Waals surface area contributed by atoms with Gasteiger partial charge >= 0.3 is 0 Å². The summed E-state index contributed by atoms with van der Waals surface area (Å²) in [7, 11) is 5.08. The predicted molar refractivity (Wildman–Crippen MR) is 80.5 cm³/mol. The molecular weight excluding hydrogens is 239 g/mol. The SMILES string of the molecule is CN1CCN(Cc2cc(P)cc(C3CC3)c2)CC1. The highest BCUT2D eigenvalue weighted by atomic mass is 31.0. The van der Waals surface area contributed by atoms with Gasteiger partial charge in [0.1, 0.15) is 0 Å². The molecule has 2 aliphatic rings. The number of rotatable bonds is 3. The topological polar surface area (TPSA) is 6.48 Å². The van der Waals surface area contributed by atoms with Crippen LogP contribution in [-0.2, 0) is 6.54 Å². The summed E-state index contributed by atoms with van der Waals surface area (Å²) in [5, 5.41) is 1.35. The summed E-state index contributed by atoms with van der Waals surface area (Å²) < 4.78 is 0. The van der Waals surface area contributed by atoms with Gasteiger partial charge < -0.3 is 4.90 Å². The molecule has 2 nitrogen and oxygen atoms in total. The van der Waals surface area contributed by atoms with Crippen molar-refractivity contribution in [2.24, 2.45) is 0 Å². The minimum absolute atomic E-state index is 0.858. The highest BCUT2D eigenvalue weighted by molar-refractivity contribution is 7.27. The Bertz CT molecular complexity index is 421. The molecule has 1 saturated carbocycles. The van der Waals surface area contributed by atoms with Crippen molar-refractivity contribution in [3.8, 4) is 0 Å². The fourth-order valence-corrected chi connectivity index (χ4v) is 3.16. The van der Waals surface area contributed by atoms with Crippen LogP contribution in [0.5, 0.6) is 0 Å². The Morgan fingerprint density at radius 1 is 1.11 bits per heavy atom. The summed E-state index contributed by atoms with van der Waals surface area (Å²) in [4.78, 5) is 4.99. The van der Waals surface area contributed by atoms with E-state index in [-0.39, 0.29) is 0 Å². The van der Waals surface area contributed by atoms with E-state index >= 15 is 0 Å². The van der Waals surface area contributed by atoms with Crippen molar-refractivity contribution < 1.29 is 0 Å². The Labute approximate surface area is 113 Å². The number of benzene rings is 1. The van der Waals surface area contributed by atoms with Crippen molar-refractivity contribution in [3.05, 3.63) is 29.3 Å². The van der Waals surface area contributed by atoms with E-state index in [4.69, 9.17) is 0 Å². The zero-order valence-corrected chi connectivity index (χ0v) is 12.4. The van der Waals surface area contributed by atoms with E-state index in [9.17, 15) is 0 Å². The summed E-state index contributed by atoms with van der Waals surface area (Å²) in [6.07, 6.45) is 2.78. The molecule has 1 saturated heterocycles. The monoisotopic (exact) mass is 262 g/mol. The fraction of sp³-hybridized carbons (Fsp3) is 0.600. The van der Waals surface area contributed by atoms with E-state index in [2.05, 4.69) is 44.3 Å². The van der Waals surface area contributed by atoms with Crippen molar-refractivity contribution in [2.45, 2.75) is 25.3 Å². The minimum Gasteiger partial charge on any atom is -0.304 e. The van der Waals surface area contributed by atoms with Crippen molar-refractivity contribution >= 4 is 14.5 Å². The lowest BCUT2D eigenvalue weighted by molar-refractivity contribution is 0.148. The molecular formula is C15H23N2P. The molecule has 0 N–H and O–H groups in total. The van der Waals surface area contributed by atoms with E-state index in [1.54, 1.807) is 5.56 Å². The largest absolute Gasteiger partial charge is 0.304 e. The third kappa shape index (κ3) is 3.12. The molecule has 98 valence electrons. The lowest BCUT2D eigenvalue weighted by Crippen LogP contribution is -2.43. The van der Waals surface area contributed by atoms with Crippen LogP contribution in [0.25, 0.3) is 0 Å². The Morgan fingerprint density at radius 2 is 1.83 bits per heavy atom. The van der Waals surface area contributed by atoms with Crippen molar-refractivity contribution in [1.29, 1.82) is 0 Å². The molecule has 3 heteroatoms. The second-order valence-corrected chi connectivity index (χ2v) is 6.53. The first-order valence-corrected chi connectivity index (χ1v) is 7.59. The number of likely N-dealkylation sites (N-methyl/N-ethyl adjacent to an activating group) is 1. The normalized spacial score (nSPS) is 22.3. The third-order valence-corrected chi connectivity index (χ3v) is 4.42. The molecule has 0 spiro atoms. The van der Waals surface area contributed by atoms with Crippen LogP contribution >= 0.6 is 9.24 Å². The molecule has 1 aromatic rings. The van der Waals surface area contributed by atoms with Crippen molar-refractivity contribution in [2.75, 3.05) is 33.2 Å². The first-order chi connectivity index (χ1) is 8.70. The zero-order valence-electron chi connectivity index (χ0n) is 11.2. The lowest BCUT2D eigenvalue weighted by Gasteiger charge is -2.32. The number of hydrogen-bond donors (Lipinski definition) is 0.